The van der Waals surface area contributed by atoms with Crippen LogP contribution >= 0.6 is 34.7 Å². The number of fused-ring (bicyclic) bond motifs is 2. The molecule has 16 heteroatoms. The number of amides is 3. The van der Waals surface area contributed by atoms with E-state index in [1.165, 1.54) is 30.3 Å². The number of nitrogens with zero attached hydrogens (tertiary/aromatic N) is 3. The van der Waals surface area contributed by atoms with Gasteiger partial charge in [0, 0.05) is 33.6 Å². The predicted octanol–water partition coefficient (Wildman–Crippen LogP) is 5.92. The number of carbonyl (C=O) groups excluding carboxylic acids is 3. The second-order valence-electron chi connectivity index (χ2n) is 10.1. The molecule has 1 N–H and O–H groups in total. The van der Waals surface area contributed by atoms with Gasteiger partial charge in [-0.15, -0.1) is 0 Å². The van der Waals surface area contributed by atoms with Crippen LogP contribution in [0.4, 0.5) is 30.2 Å². The Morgan fingerprint density at radius 2 is 1.69 bits per heavy atom. The van der Waals surface area contributed by atoms with E-state index < -0.39 is 62.9 Å². The number of hydrogen-bond donors (Lipinski definition) is 1. The normalized spacial score (nSPS) is 19.3. The number of aromatic nitrogens is 1. The second-order valence-corrected chi connectivity index (χ2v) is 12.7. The number of rotatable bonds is 6. The number of hydrogen-bond acceptors (Lipinski definition) is 8. The standard InChI is InChI=1S/C29H18ClF3N4O6S2/c30-16-6-4-14(5-7-16)21-22-23(26(40)36(25(22)39)18-8-10-19(11-9-18)37(42)43)44-27-24(21)45-28(41)35(27)13-20(38)34-17-3-1-2-15(12-17)29(31,32)33/h1-12,21-23H,13H2,(H,34,38). The quantitative estimate of drug-likeness (QED) is 0.152. The molecule has 45 heavy (non-hydrogen) atoms. The Morgan fingerprint density at radius 1 is 1.00 bits per heavy atom. The van der Waals surface area contributed by atoms with Crippen LogP contribution in [-0.4, -0.2) is 32.5 Å². The number of nitrogens with one attached hydrogen (secondary N) is 1. The van der Waals surface area contributed by atoms with Gasteiger partial charge >= 0.3 is 11.0 Å². The first kappa shape index (κ1) is 30.6. The van der Waals surface area contributed by atoms with E-state index in [1.807, 2.05) is 0 Å². The molecular weight excluding hydrogens is 657 g/mol. The lowest BCUT2D eigenvalue weighted by atomic mass is 9.83. The van der Waals surface area contributed by atoms with Crippen molar-refractivity contribution in [2.75, 3.05) is 10.2 Å². The van der Waals surface area contributed by atoms with Crippen molar-refractivity contribution < 1.29 is 32.5 Å². The maximum atomic E-state index is 13.9. The summed E-state index contributed by atoms with van der Waals surface area (Å²) in [5.41, 5.74) is -0.571. The summed E-state index contributed by atoms with van der Waals surface area (Å²) in [5, 5.41) is 13.2. The molecule has 4 aromatic rings. The number of carbonyl (C=O) groups is 3. The zero-order valence-corrected chi connectivity index (χ0v) is 24.9. The Labute approximate surface area is 264 Å². The highest BCUT2D eigenvalue weighted by atomic mass is 35.5. The van der Waals surface area contributed by atoms with Crippen LogP contribution in [0.15, 0.2) is 82.6 Å². The number of anilines is 2. The third-order valence-corrected chi connectivity index (χ3v) is 10.2. The number of nitro benzene ring substituents is 1. The summed E-state index contributed by atoms with van der Waals surface area (Å²) in [6.07, 6.45) is -4.62. The van der Waals surface area contributed by atoms with Crippen LogP contribution in [0.1, 0.15) is 21.9 Å². The molecule has 3 atom stereocenters. The molecule has 2 aliphatic heterocycles. The fourth-order valence-electron chi connectivity index (χ4n) is 5.38. The third kappa shape index (κ3) is 5.62. The van der Waals surface area contributed by atoms with E-state index in [1.54, 1.807) is 24.3 Å². The molecular formula is C29H18ClF3N4O6S2. The van der Waals surface area contributed by atoms with Gasteiger partial charge in [0.15, 0.2) is 0 Å². The van der Waals surface area contributed by atoms with Gasteiger partial charge in [0.25, 0.3) is 5.69 Å². The summed E-state index contributed by atoms with van der Waals surface area (Å²) >= 11 is 7.85. The summed E-state index contributed by atoms with van der Waals surface area (Å²) < 4.78 is 40.6. The average Bonchev–Trinajstić information content (AvgIpc) is 3.43. The van der Waals surface area contributed by atoms with Crippen molar-refractivity contribution in [3.63, 3.8) is 0 Å². The van der Waals surface area contributed by atoms with Gasteiger partial charge in [0.1, 0.15) is 11.8 Å². The number of halogens is 4. The number of non-ortho nitro benzene ring substituents is 1. The van der Waals surface area contributed by atoms with Crippen LogP contribution in [0, 0.1) is 16.0 Å². The highest BCUT2D eigenvalue weighted by Crippen LogP contribution is 2.54. The first-order valence-corrected chi connectivity index (χ1v) is 15.2. The van der Waals surface area contributed by atoms with Crippen LogP contribution in [-0.2, 0) is 27.1 Å². The van der Waals surface area contributed by atoms with E-state index in [9.17, 15) is 42.5 Å². The van der Waals surface area contributed by atoms with Crippen molar-refractivity contribution in [2.24, 2.45) is 5.92 Å². The average molecular weight is 675 g/mol. The summed E-state index contributed by atoms with van der Waals surface area (Å²) in [6, 6.07) is 15.6. The molecule has 3 unspecified atom stereocenters. The lowest BCUT2D eigenvalue weighted by Crippen LogP contribution is -2.33. The van der Waals surface area contributed by atoms with Crippen molar-refractivity contribution in [1.29, 1.82) is 0 Å². The van der Waals surface area contributed by atoms with Crippen molar-refractivity contribution in [2.45, 2.75) is 28.9 Å². The summed E-state index contributed by atoms with van der Waals surface area (Å²) in [6.45, 7) is -0.563. The molecule has 0 radical (unpaired) electrons. The molecule has 0 spiro atoms. The molecule has 0 aliphatic carbocycles. The molecule has 0 bridgehead atoms. The van der Waals surface area contributed by atoms with Crippen LogP contribution < -0.4 is 15.1 Å². The van der Waals surface area contributed by atoms with Crippen molar-refractivity contribution in [3.05, 3.63) is 114 Å². The minimum Gasteiger partial charge on any atom is -0.325 e. The molecule has 3 amide bonds. The lowest BCUT2D eigenvalue weighted by Gasteiger charge is -2.30. The molecule has 1 fully saturated rings. The van der Waals surface area contributed by atoms with E-state index >= 15 is 0 Å². The minimum absolute atomic E-state index is 0.117. The molecule has 0 saturated carbocycles. The molecule has 3 heterocycles. The van der Waals surface area contributed by atoms with Crippen LogP contribution in [0.25, 0.3) is 0 Å². The fourth-order valence-corrected chi connectivity index (χ4v) is 8.28. The van der Waals surface area contributed by atoms with Crippen molar-refractivity contribution in [1.82, 2.24) is 4.57 Å². The zero-order valence-electron chi connectivity index (χ0n) is 22.5. The number of imide groups is 1. The van der Waals surface area contributed by atoms with Crippen LogP contribution in [0.2, 0.25) is 5.02 Å². The van der Waals surface area contributed by atoms with E-state index in [4.69, 9.17) is 11.6 Å². The zero-order chi connectivity index (χ0) is 32.2. The van der Waals surface area contributed by atoms with Crippen molar-refractivity contribution >= 4 is 69.5 Å². The van der Waals surface area contributed by atoms with Gasteiger partial charge in [-0.2, -0.15) is 13.2 Å². The molecule has 1 saturated heterocycles. The fraction of sp³-hybridized carbons (Fsp3) is 0.172. The largest absolute Gasteiger partial charge is 0.416 e. The minimum atomic E-state index is -4.62. The van der Waals surface area contributed by atoms with E-state index in [0.29, 0.717) is 15.5 Å². The number of thiazole rings is 1. The predicted molar refractivity (Wildman–Crippen MR) is 161 cm³/mol. The monoisotopic (exact) mass is 674 g/mol. The Hall–Kier alpha value is -4.47. The third-order valence-electron chi connectivity index (χ3n) is 7.37. The van der Waals surface area contributed by atoms with Gasteiger partial charge in [-0.3, -0.25) is 33.9 Å². The summed E-state index contributed by atoms with van der Waals surface area (Å²) in [5.74, 6) is -3.69. The lowest BCUT2D eigenvalue weighted by molar-refractivity contribution is -0.384. The Bertz CT molecular complexity index is 1930. The smallest absolute Gasteiger partial charge is 0.325 e. The topological polar surface area (TPSA) is 132 Å². The number of thioether (sulfide) groups is 1. The van der Waals surface area contributed by atoms with Gasteiger partial charge in [-0.1, -0.05) is 52.9 Å². The second kappa shape index (κ2) is 11.5. The maximum Gasteiger partial charge on any atom is 0.416 e. The molecule has 2 aliphatic rings. The Kier molecular flexibility index (Phi) is 7.79. The summed E-state index contributed by atoms with van der Waals surface area (Å²) in [4.78, 5) is 65.3. The van der Waals surface area contributed by atoms with Gasteiger partial charge in [0.05, 0.1) is 27.1 Å². The van der Waals surface area contributed by atoms with E-state index in [2.05, 4.69) is 5.32 Å². The van der Waals surface area contributed by atoms with Gasteiger partial charge in [0.2, 0.25) is 17.7 Å². The summed E-state index contributed by atoms with van der Waals surface area (Å²) in [7, 11) is 0. The van der Waals surface area contributed by atoms with E-state index in [0.717, 1.165) is 50.8 Å². The van der Waals surface area contributed by atoms with E-state index in [-0.39, 0.29) is 22.1 Å². The number of alkyl halides is 3. The molecule has 3 aromatic carbocycles. The highest BCUT2D eigenvalue weighted by Gasteiger charge is 2.56. The maximum absolute atomic E-state index is 13.9. The SMILES string of the molecule is O=C(Cn1c2c(sc1=O)C(c1ccc(Cl)cc1)C1C(=O)N(c3ccc([N+](=O)[O-])cc3)C(=O)C1S2)Nc1cccc(C(F)(F)F)c1. The first-order chi connectivity index (χ1) is 21.3. The van der Waals surface area contributed by atoms with Gasteiger partial charge in [-0.25, -0.2) is 4.90 Å². The Morgan fingerprint density at radius 3 is 2.33 bits per heavy atom. The first-order valence-electron chi connectivity index (χ1n) is 13.1. The number of benzene rings is 3. The molecule has 10 nitrogen and oxygen atoms in total. The molecule has 1 aromatic heterocycles. The molecule has 230 valence electrons. The Balaban J connectivity index is 1.37. The molecule has 6 rings (SSSR count). The van der Waals surface area contributed by atoms with Crippen molar-refractivity contribution in [3.8, 4) is 0 Å². The highest BCUT2D eigenvalue weighted by molar-refractivity contribution is 8.00. The van der Waals surface area contributed by atoms with Gasteiger partial charge in [-0.05, 0) is 48.0 Å². The van der Waals surface area contributed by atoms with Gasteiger partial charge < -0.3 is 5.32 Å². The van der Waals surface area contributed by atoms with Crippen LogP contribution in [0.5, 0.6) is 0 Å². The number of nitro groups is 1. The van der Waals surface area contributed by atoms with Crippen LogP contribution in [0.3, 0.4) is 0 Å².